The summed E-state index contributed by atoms with van der Waals surface area (Å²) in [6.07, 6.45) is 0. The van der Waals surface area contributed by atoms with Gasteiger partial charge in [0.05, 0.1) is 27.9 Å². The van der Waals surface area contributed by atoms with Gasteiger partial charge >= 0.3 is 0 Å². The van der Waals surface area contributed by atoms with Gasteiger partial charge < -0.3 is 18.6 Å². The molecule has 89 heavy (non-hydrogen) atoms. The smallest absolute Gasteiger partial charge is 0.159 e. The Hall–Kier alpha value is -11.2. The average Bonchev–Trinajstić information content (AvgIpc) is 1.51. The Morgan fingerprint density at radius 3 is 1.11 bits per heavy atom. The minimum atomic E-state index is -0.854. The van der Waals surface area contributed by atoms with Gasteiger partial charge in [0.1, 0.15) is 12.1 Å². The lowest BCUT2D eigenvalue weighted by atomic mass is 9.70. The first kappa shape index (κ1) is 52.2. The lowest BCUT2D eigenvalue weighted by Gasteiger charge is -2.33. The molecule has 0 bridgehead atoms. The minimum absolute atomic E-state index is 0.0730. The van der Waals surface area contributed by atoms with Crippen LogP contribution in [0.2, 0.25) is 0 Å². The largest absolute Gasteiger partial charge is 0.452 e. The van der Waals surface area contributed by atoms with Gasteiger partial charge in [0.25, 0.3) is 0 Å². The third-order valence-electron chi connectivity index (χ3n) is 19.2. The highest BCUT2D eigenvalue weighted by Crippen LogP contribution is 2.65. The van der Waals surface area contributed by atoms with Crippen LogP contribution in [-0.2, 0) is 16.2 Å². The van der Waals surface area contributed by atoms with Gasteiger partial charge in [-0.25, -0.2) is 0 Å². The maximum Gasteiger partial charge on any atom is 0.159 e. The lowest BCUT2D eigenvalue weighted by Crippen LogP contribution is -2.26. The average molecular weight is 1140 g/mol. The zero-order chi connectivity index (χ0) is 60.2. The zero-order valence-electron chi connectivity index (χ0n) is 50.2. The predicted octanol–water partition coefficient (Wildman–Crippen LogP) is 22.6. The summed E-state index contributed by atoms with van der Waals surface area (Å²) < 4.78 is 13.9. The molecule has 17 rings (SSSR count). The number of hydrogen-bond acceptors (Lipinski definition) is 6. The van der Waals surface area contributed by atoms with E-state index in [-0.39, 0.29) is 10.8 Å². The Morgan fingerprint density at radius 1 is 0.303 bits per heavy atom. The number of nitriles is 2. The fourth-order valence-corrected chi connectivity index (χ4v) is 15.0. The van der Waals surface area contributed by atoms with Crippen molar-refractivity contribution in [3.05, 3.63) is 287 Å². The zero-order valence-corrected chi connectivity index (χ0v) is 50.2. The van der Waals surface area contributed by atoms with Crippen LogP contribution in [0.25, 0.3) is 98.4 Å². The summed E-state index contributed by atoms with van der Waals surface area (Å²) in [5, 5.41) is 31.8. The first-order chi connectivity index (χ1) is 43.3. The molecule has 0 amide bonds. The normalized spacial score (nSPS) is 13.1. The third kappa shape index (κ3) is 7.48. The van der Waals surface area contributed by atoms with E-state index in [1.165, 1.54) is 76.8 Å². The molecule has 0 atom stereocenters. The topological polar surface area (TPSA) is 80.3 Å². The van der Waals surface area contributed by atoms with E-state index in [1.807, 2.05) is 36.4 Å². The van der Waals surface area contributed by atoms with Gasteiger partial charge in [-0.05, 0) is 184 Å². The molecule has 0 unspecified atom stereocenters. The molecular formula is C83H58N4O2. The van der Waals surface area contributed by atoms with Crippen molar-refractivity contribution in [2.75, 3.05) is 9.80 Å². The number of para-hydroxylation sites is 4. The second kappa shape index (κ2) is 18.9. The number of fused-ring (bicyclic) bond motifs is 22. The van der Waals surface area contributed by atoms with Gasteiger partial charge in [0.2, 0.25) is 0 Å². The van der Waals surface area contributed by atoms with E-state index in [1.54, 1.807) is 0 Å². The third-order valence-corrected chi connectivity index (χ3v) is 19.2. The Balaban J connectivity index is 0.977. The van der Waals surface area contributed by atoms with E-state index in [2.05, 4.69) is 270 Å². The van der Waals surface area contributed by atoms with E-state index in [9.17, 15) is 10.5 Å². The van der Waals surface area contributed by atoms with E-state index in [4.69, 9.17) is 8.83 Å². The van der Waals surface area contributed by atoms with Crippen LogP contribution in [0.15, 0.2) is 251 Å². The summed E-state index contributed by atoms with van der Waals surface area (Å²) in [6.45, 7) is 13.5. The summed E-state index contributed by atoms with van der Waals surface area (Å²) in [4.78, 5) is 4.70. The Kier molecular flexibility index (Phi) is 11.1. The summed E-state index contributed by atoms with van der Waals surface area (Å²) in [6, 6.07) is 93.1. The summed E-state index contributed by atoms with van der Waals surface area (Å²) in [5.74, 6) is 0. The molecule has 2 aliphatic rings. The van der Waals surface area contributed by atoms with Crippen LogP contribution in [0, 0.1) is 22.7 Å². The molecule has 13 aromatic carbocycles. The number of anilines is 6. The molecule has 0 saturated carbocycles. The molecule has 2 heterocycles. The van der Waals surface area contributed by atoms with Crippen molar-refractivity contribution in [3.8, 4) is 34.4 Å². The van der Waals surface area contributed by atoms with Gasteiger partial charge in [0, 0.05) is 44.3 Å². The molecule has 2 aliphatic carbocycles. The molecule has 6 heteroatoms. The van der Waals surface area contributed by atoms with Crippen LogP contribution in [0.5, 0.6) is 0 Å². The molecule has 6 nitrogen and oxygen atoms in total. The molecule has 422 valence electrons. The molecule has 0 radical (unpaired) electrons. The number of furan rings is 2. The second-order valence-electron chi connectivity index (χ2n) is 26.2. The fraction of sp³-hybridized carbons (Fsp3) is 0.108. The molecule has 0 saturated heterocycles. The Bertz CT molecular complexity index is 5380. The SMILES string of the molecule is CC(C)(C)c1ccc(N(c2ccc3c(c2)C2(c4ccccc4-c4cc5c6ccccc6c6ccccc6c5cc42)c2cc(N(c4ccc(C(C)(C)C)cc4)c4cccc5c4oc4c(C#N)cccc45)ccc2-3)c2cccc3c2oc2c(C#N)cccc23)cc1. The van der Waals surface area contributed by atoms with Crippen LogP contribution in [0.3, 0.4) is 0 Å². The Labute approximate surface area is 515 Å². The summed E-state index contributed by atoms with van der Waals surface area (Å²) >= 11 is 0. The standard InChI is InChI=1S/C83H58N4O2/c1-81(2,3)51-31-35-53(36-32-51)86(75-29-15-26-66-64-24-13-17-49(47-84)77(64)88-79(66)75)55-39-41-62-63-42-40-56(87(54-37-33-52(34-38-54)82(4,5)6)76-30-16-27-67-65-25-14-18-50(48-85)78(65)89-80(67)76)44-73(63)83(72(62)43-55)71-28-12-11-23-61(71)70-45-68-59-21-9-7-19-57(59)58-20-8-10-22-60(58)69(68)46-74(70)83/h7-46H,1-6H3. The fourth-order valence-electron chi connectivity index (χ4n) is 15.0. The number of nitrogens with zero attached hydrogens (tertiary/aromatic N) is 4. The molecule has 0 N–H and O–H groups in total. The summed E-state index contributed by atoms with van der Waals surface area (Å²) in [7, 11) is 0. The second-order valence-corrected chi connectivity index (χ2v) is 26.2. The van der Waals surface area contributed by atoms with Gasteiger partial charge in [0.15, 0.2) is 22.3 Å². The molecule has 0 fully saturated rings. The summed E-state index contributed by atoms with van der Waals surface area (Å²) in [5.41, 5.74) is 20.1. The molecule has 1 spiro atoms. The van der Waals surface area contributed by atoms with Crippen molar-refractivity contribution in [3.63, 3.8) is 0 Å². The van der Waals surface area contributed by atoms with Crippen molar-refractivity contribution < 1.29 is 8.83 Å². The lowest BCUT2D eigenvalue weighted by molar-refractivity contribution is 0.590. The highest BCUT2D eigenvalue weighted by atomic mass is 16.3. The van der Waals surface area contributed by atoms with Crippen molar-refractivity contribution in [2.45, 2.75) is 57.8 Å². The van der Waals surface area contributed by atoms with Crippen LogP contribution in [-0.4, -0.2) is 0 Å². The number of benzene rings is 13. The van der Waals surface area contributed by atoms with Crippen LogP contribution >= 0.6 is 0 Å². The Morgan fingerprint density at radius 2 is 0.663 bits per heavy atom. The minimum Gasteiger partial charge on any atom is -0.452 e. The van der Waals surface area contributed by atoms with Gasteiger partial charge in [-0.1, -0.05) is 199 Å². The van der Waals surface area contributed by atoms with Crippen LogP contribution in [0.4, 0.5) is 34.1 Å². The van der Waals surface area contributed by atoms with E-state index >= 15 is 0 Å². The quantitative estimate of drug-likeness (QED) is 0.154. The first-order valence-electron chi connectivity index (χ1n) is 30.6. The van der Waals surface area contributed by atoms with Crippen molar-refractivity contribution in [1.82, 2.24) is 0 Å². The highest BCUT2D eigenvalue weighted by molar-refractivity contribution is 6.26. The maximum absolute atomic E-state index is 10.4. The van der Waals surface area contributed by atoms with E-state index in [0.29, 0.717) is 33.5 Å². The molecule has 15 aromatic rings. The first-order valence-corrected chi connectivity index (χ1v) is 30.6. The predicted molar refractivity (Wildman–Crippen MR) is 366 cm³/mol. The van der Waals surface area contributed by atoms with Gasteiger partial charge in [-0.3, -0.25) is 0 Å². The highest BCUT2D eigenvalue weighted by Gasteiger charge is 2.52. The molecule has 0 aliphatic heterocycles. The maximum atomic E-state index is 10.4. The van der Waals surface area contributed by atoms with Gasteiger partial charge in [-0.2, -0.15) is 10.5 Å². The van der Waals surface area contributed by atoms with Crippen LogP contribution < -0.4 is 9.80 Å². The molecular weight excluding hydrogens is 1080 g/mol. The van der Waals surface area contributed by atoms with Gasteiger partial charge in [-0.15, -0.1) is 0 Å². The number of rotatable bonds is 6. The van der Waals surface area contributed by atoms with E-state index < -0.39 is 5.41 Å². The van der Waals surface area contributed by atoms with Crippen molar-refractivity contribution in [1.29, 1.82) is 10.5 Å². The van der Waals surface area contributed by atoms with Crippen molar-refractivity contribution >= 4 is 110 Å². The molecule has 2 aromatic heterocycles. The van der Waals surface area contributed by atoms with E-state index in [0.717, 1.165) is 66.8 Å². The van der Waals surface area contributed by atoms with Crippen LogP contribution in [0.1, 0.15) is 86.1 Å². The monoisotopic (exact) mass is 1140 g/mol. The van der Waals surface area contributed by atoms with Crippen molar-refractivity contribution in [2.24, 2.45) is 0 Å². The number of hydrogen-bond donors (Lipinski definition) is 0.